The van der Waals surface area contributed by atoms with Gasteiger partial charge in [-0.05, 0) is 6.92 Å². The maximum Gasteiger partial charge on any atom is 0.237 e. The van der Waals surface area contributed by atoms with Crippen LogP contribution in [0.3, 0.4) is 0 Å². The van der Waals surface area contributed by atoms with Gasteiger partial charge in [0.05, 0.1) is 17.0 Å². The van der Waals surface area contributed by atoms with Crippen molar-refractivity contribution in [1.29, 1.82) is 0 Å². The van der Waals surface area contributed by atoms with E-state index in [1.54, 1.807) is 30.8 Å². The van der Waals surface area contributed by atoms with Gasteiger partial charge in [0, 0.05) is 18.2 Å². The summed E-state index contributed by atoms with van der Waals surface area (Å²) in [4.78, 5) is 24.0. The zero-order chi connectivity index (χ0) is 12.2. The molecule has 0 radical (unpaired) electrons. The van der Waals surface area contributed by atoms with Crippen LogP contribution in [0.25, 0.3) is 11.3 Å². The van der Waals surface area contributed by atoms with Gasteiger partial charge in [-0.25, -0.2) is 0 Å². The average Bonchev–Trinajstić information content (AvgIpc) is 2.62. The summed E-state index contributed by atoms with van der Waals surface area (Å²) in [5.41, 5.74) is 3.04. The fourth-order valence-electron chi connectivity index (χ4n) is 2.36. The van der Waals surface area contributed by atoms with E-state index < -0.39 is 11.6 Å². The number of hydrogen-bond acceptors (Lipinski definition) is 3. The highest BCUT2D eigenvalue weighted by molar-refractivity contribution is 6.53. The summed E-state index contributed by atoms with van der Waals surface area (Å²) in [5, 5.41) is 4.22. The van der Waals surface area contributed by atoms with E-state index in [0.717, 1.165) is 11.3 Å². The summed E-state index contributed by atoms with van der Waals surface area (Å²) in [5.74, 6) is -0.895. The SMILES string of the molecule is Cc1nn(C)c2c1C(=O)C(=O)c1ccccc1-2. The second kappa shape index (κ2) is 3.13. The van der Waals surface area contributed by atoms with Crippen molar-refractivity contribution in [2.75, 3.05) is 0 Å². The van der Waals surface area contributed by atoms with Crippen LogP contribution < -0.4 is 0 Å². The molecular formula is C13H10N2O2. The molecule has 17 heavy (non-hydrogen) atoms. The summed E-state index contributed by atoms with van der Waals surface area (Å²) in [6, 6.07) is 7.15. The largest absolute Gasteiger partial charge is 0.285 e. The van der Waals surface area contributed by atoms with Gasteiger partial charge in [0.1, 0.15) is 0 Å². The van der Waals surface area contributed by atoms with Crippen LogP contribution in [0.15, 0.2) is 24.3 Å². The predicted molar refractivity (Wildman–Crippen MR) is 62.0 cm³/mol. The highest BCUT2D eigenvalue weighted by Gasteiger charge is 2.34. The fourth-order valence-corrected chi connectivity index (χ4v) is 2.36. The Morgan fingerprint density at radius 1 is 1.06 bits per heavy atom. The van der Waals surface area contributed by atoms with E-state index in [0.29, 0.717) is 16.8 Å². The lowest BCUT2D eigenvalue weighted by atomic mass is 9.87. The Labute approximate surface area is 97.9 Å². The van der Waals surface area contributed by atoms with Crippen LogP contribution in [-0.2, 0) is 7.05 Å². The molecule has 4 nitrogen and oxygen atoms in total. The predicted octanol–water partition coefficient (Wildman–Crippen LogP) is 1.77. The Morgan fingerprint density at radius 3 is 2.41 bits per heavy atom. The van der Waals surface area contributed by atoms with Crippen LogP contribution in [0.5, 0.6) is 0 Å². The van der Waals surface area contributed by atoms with Crippen molar-refractivity contribution in [3.05, 3.63) is 41.1 Å². The third-order valence-electron chi connectivity index (χ3n) is 3.08. The molecule has 0 fully saturated rings. The molecule has 0 atom stereocenters. The van der Waals surface area contributed by atoms with Gasteiger partial charge in [0.15, 0.2) is 0 Å². The van der Waals surface area contributed by atoms with Gasteiger partial charge in [-0.1, -0.05) is 24.3 Å². The first kappa shape index (κ1) is 9.96. The average molecular weight is 226 g/mol. The first-order valence-electron chi connectivity index (χ1n) is 5.33. The smallest absolute Gasteiger partial charge is 0.237 e. The number of nitrogens with zero attached hydrogens (tertiary/aromatic N) is 2. The lowest BCUT2D eigenvalue weighted by molar-refractivity contribution is 0.0815. The summed E-state index contributed by atoms with van der Waals surface area (Å²) < 4.78 is 1.66. The summed E-state index contributed by atoms with van der Waals surface area (Å²) in [7, 11) is 1.78. The summed E-state index contributed by atoms with van der Waals surface area (Å²) in [6.07, 6.45) is 0. The minimum absolute atomic E-state index is 0.441. The van der Waals surface area contributed by atoms with E-state index in [-0.39, 0.29) is 0 Å². The molecule has 0 spiro atoms. The molecule has 84 valence electrons. The number of benzene rings is 1. The third kappa shape index (κ3) is 1.15. The van der Waals surface area contributed by atoms with Crippen molar-refractivity contribution in [2.45, 2.75) is 6.92 Å². The summed E-state index contributed by atoms with van der Waals surface area (Å²) in [6.45, 7) is 1.75. The highest BCUT2D eigenvalue weighted by Crippen LogP contribution is 2.34. The number of carbonyl (C=O) groups is 2. The molecule has 0 saturated heterocycles. The molecule has 0 amide bonds. The second-order valence-electron chi connectivity index (χ2n) is 4.14. The molecule has 0 bridgehead atoms. The molecule has 1 heterocycles. The Kier molecular flexibility index (Phi) is 1.84. The first-order chi connectivity index (χ1) is 8.11. The molecule has 1 aliphatic carbocycles. The van der Waals surface area contributed by atoms with Crippen LogP contribution in [-0.4, -0.2) is 21.3 Å². The molecular weight excluding hydrogens is 216 g/mol. The monoisotopic (exact) mass is 226 g/mol. The number of aryl methyl sites for hydroxylation is 2. The maximum absolute atomic E-state index is 12.0. The van der Waals surface area contributed by atoms with Gasteiger partial charge >= 0.3 is 0 Å². The fraction of sp³-hybridized carbons (Fsp3) is 0.154. The second-order valence-corrected chi connectivity index (χ2v) is 4.14. The lowest BCUT2D eigenvalue weighted by Crippen LogP contribution is -2.21. The van der Waals surface area contributed by atoms with Crippen LogP contribution in [0.2, 0.25) is 0 Å². The first-order valence-corrected chi connectivity index (χ1v) is 5.33. The van der Waals surface area contributed by atoms with E-state index in [1.165, 1.54) is 0 Å². The van der Waals surface area contributed by atoms with Crippen molar-refractivity contribution in [3.8, 4) is 11.3 Å². The van der Waals surface area contributed by atoms with Gasteiger partial charge in [-0.15, -0.1) is 0 Å². The zero-order valence-electron chi connectivity index (χ0n) is 9.52. The molecule has 4 heteroatoms. The van der Waals surface area contributed by atoms with Gasteiger partial charge in [0.25, 0.3) is 0 Å². The number of aromatic nitrogens is 2. The number of carbonyl (C=O) groups excluding carboxylic acids is 2. The van der Waals surface area contributed by atoms with Gasteiger partial charge in [0.2, 0.25) is 11.6 Å². The van der Waals surface area contributed by atoms with Gasteiger partial charge < -0.3 is 0 Å². The molecule has 1 aromatic heterocycles. The Morgan fingerprint density at radius 2 is 1.71 bits per heavy atom. The molecule has 0 unspecified atom stereocenters. The quantitative estimate of drug-likeness (QED) is 0.643. The number of ketones is 2. The minimum atomic E-state index is -0.454. The Hall–Kier alpha value is -2.23. The maximum atomic E-state index is 12.0. The van der Waals surface area contributed by atoms with E-state index in [1.807, 2.05) is 12.1 Å². The van der Waals surface area contributed by atoms with Crippen LogP contribution in [0, 0.1) is 6.92 Å². The molecule has 2 aromatic rings. The van der Waals surface area contributed by atoms with Crippen molar-refractivity contribution in [2.24, 2.45) is 7.05 Å². The minimum Gasteiger partial charge on any atom is -0.285 e. The van der Waals surface area contributed by atoms with Crippen LogP contribution >= 0.6 is 0 Å². The standard InChI is InChI=1S/C13H10N2O2/c1-7-10-11(15(2)14-7)8-5-3-4-6-9(8)12(16)13(10)17/h3-6H,1-2H3. The molecule has 1 aliphatic rings. The number of hydrogen-bond donors (Lipinski definition) is 0. The van der Waals surface area contributed by atoms with Crippen molar-refractivity contribution in [3.63, 3.8) is 0 Å². The number of fused-ring (bicyclic) bond motifs is 3. The molecule has 0 aliphatic heterocycles. The zero-order valence-corrected chi connectivity index (χ0v) is 9.52. The van der Waals surface area contributed by atoms with Crippen molar-refractivity contribution < 1.29 is 9.59 Å². The molecule has 0 N–H and O–H groups in total. The summed E-state index contributed by atoms with van der Waals surface area (Å²) >= 11 is 0. The van der Waals surface area contributed by atoms with Crippen molar-refractivity contribution in [1.82, 2.24) is 9.78 Å². The number of rotatable bonds is 0. The molecule has 0 saturated carbocycles. The highest BCUT2D eigenvalue weighted by atomic mass is 16.2. The van der Waals surface area contributed by atoms with E-state index in [2.05, 4.69) is 5.10 Å². The van der Waals surface area contributed by atoms with Crippen molar-refractivity contribution >= 4 is 11.6 Å². The topological polar surface area (TPSA) is 52.0 Å². The normalized spacial score (nSPS) is 13.5. The van der Waals surface area contributed by atoms with Crippen LogP contribution in [0.1, 0.15) is 26.4 Å². The Balaban J connectivity index is 2.46. The van der Waals surface area contributed by atoms with E-state index in [4.69, 9.17) is 0 Å². The Bertz CT molecular complexity index is 668. The third-order valence-corrected chi connectivity index (χ3v) is 3.08. The number of Topliss-reactive ketones (excluding diaryl/α,β-unsaturated/α-hetero) is 2. The lowest BCUT2D eigenvalue weighted by Gasteiger charge is -2.15. The van der Waals surface area contributed by atoms with Gasteiger partial charge in [-0.2, -0.15) is 5.10 Å². The molecule has 1 aromatic carbocycles. The van der Waals surface area contributed by atoms with E-state index in [9.17, 15) is 9.59 Å². The van der Waals surface area contributed by atoms with E-state index >= 15 is 0 Å². The van der Waals surface area contributed by atoms with Crippen LogP contribution in [0.4, 0.5) is 0 Å². The molecule has 3 rings (SSSR count). The van der Waals surface area contributed by atoms with Gasteiger partial charge in [-0.3, -0.25) is 14.3 Å².